The molecule has 0 spiro atoms. The van der Waals surface area contributed by atoms with Crippen LogP contribution in [0.4, 0.5) is 0 Å². The Balaban J connectivity index is 1.96. The van der Waals surface area contributed by atoms with Gasteiger partial charge in [0, 0.05) is 6.04 Å². The number of hydrogen-bond acceptors (Lipinski definition) is 3. The highest BCUT2D eigenvalue weighted by atomic mass is 32.2. The molecule has 2 aliphatic carbocycles. The molecule has 0 bridgehead atoms. The molecule has 1 saturated carbocycles. The Morgan fingerprint density at radius 2 is 1.70 bits per heavy atom. The molecule has 3 atom stereocenters. The first-order valence-electron chi connectivity index (χ1n) is 7.59. The highest BCUT2D eigenvalue weighted by molar-refractivity contribution is 7.92. The van der Waals surface area contributed by atoms with Crippen molar-refractivity contribution in [3.8, 4) is 0 Å². The molecular formula is C16H23NO2S. The maximum absolute atomic E-state index is 12.9. The zero-order valence-corrected chi connectivity index (χ0v) is 12.8. The van der Waals surface area contributed by atoms with Crippen LogP contribution in [0.25, 0.3) is 0 Å². The smallest absolute Gasteiger partial charge is 0.157 e. The molecule has 1 aromatic rings. The fourth-order valence-corrected chi connectivity index (χ4v) is 6.49. The maximum Gasteiger partial charge on any atom is 0.157 e. The minimum atomic E-state index is -3.11. The van der Waals surface area contributed by atoms with Gasteiger partial charge < -0.3 is 5.73 Å². The molecule has 0 amide bonds. The summed E-state index contributed by atoms with van der Waals surface area (Å²) in [6.07, 6.45) is 4.39. The molecule has 0 saturated heterocycles. The van der Waals surface area contributed by atoms with Crippen molar-refractivity contribution >= 4 is 9.84 Å². The Hall–Kier alpha value is -0.870. The lowest BCUT2D eigenvalue weighted by Crippen LogP contribution is -2.42. The van der Waals surface area contributed by atoms with Gasteiger partial charge in [-0.1, -0.05) is 44.0 Å². The highest BCUT2D eigenvalue weighted by Crippen LogP contribution is 2.42. The second-order valence-corrected chi connectivity index (χ2v) is 8.78. The van der Waals surface area contributed by atoms with Gasteiger partial charge in [-0.3, -0.25) is 0 Å². The van der Waals surface area contributed by atoms with E-state index in [1.54, 1.807) is 0 Å². The lowest BCUT2D eigenvalue weighted by Gasteiger charge is -2.35. The van der Waals surface area contributed by atoms with Gasteiger partial charge in [-0.15, -0.1) is 0 Å². The lowest BCUT2D eigenvalue weighted by molar-refractivity contribution is 0.480. The number of fused-ring (bicyclic) bond motifs is 1. The highest BCUT2D eigenvalue weighted by Gasteiger charge is 2.43. The second kappa shape index (κ2) is 5.15. The normalized spacial score (nSPS) is 31.2. The van der Waals surface area contributed by atoms with E-state index in [1.165, 1.54) is 5.56 Å². The summed E-state index contributed by atoms with van der Waals surface area (Å²) in [5.41, 5.74) is 8.57. The minimum Gasteiger partial charge on any atom is -0.323 e. The van der Waals surface area contributed by atoms with E-state index < -0.39 is 15.1 Å². The molecule has 1 aromatic carbocycles. The zero-order valence-electron chi connectivity index (χ0n) is 12.0. The van der Waals surface area contributed by atoms with E-state index in [4.69, 9.17) is 5.73 Å². The molecule has 20 heavy (non-hydrogen) atoms. The average Bonchev–Trinajstić information content (AvgIpc) is 2.97. The molecule has 2 N–H and O–H groups in total. The van der Waals surface area contributed by atoms with Gasteiger partial charge in [0.15, 0.2) is 9.84 Å². The topological polar surface area (TPSA) is 60.2 Å². The largest absolute Gasteiger partial charge is 0.323 e. The van der Waals surface area contributed by atoms with Crippen LogP contribution in [0.3, 0.4) is 0 Å². The van der Waals surface area contributed by atoms with Crippen LogP contribution in [-0.4, -0.2) is 18.9 Å². The quantitative estimate of drug-likeness (QED) is 0.912. The Morgan fingerprint density at radius 3 is 2.35 bits per heavy atom. The fourth-order valence-electron chi connectivity index (χ4n) is 3.89. The van der Waals surface area contributed by atoms with Crippen molar-refractivity contribution in [1.82, 2.24) is 0 Å². The van der Waals surface area contributed by atoms with Gasteiger partial charge in [0.2, 0.25) is 0 Å². The molecule has 3 rings (SSSR count). The predicted octanol–water partition coefficient (Wildman–Crippen LogP) is 2.92. The third-order valence-corrected chi connectivity index (χ3v) is 7.79. The molecule has 0 radical (unpaired) electrons. The summed E-state index contributed by atoms with van der Waals surface area (Å²) in [4.78, 5) is 0. The molecule has 110 valence electrons. The van der Waals surface area contributed by atoms with Crippen molar-refractivity contribution < 1.29 is 8.42 Å². The summed E-state index contributed by atoms with van der Waals surface area (Å²) < 4.78 is 25.7. The second-order valence-electron chi connectivity index (χ2n) is 6.33. The molecule has 2 aliphatic rings. The third-order valence-electron chi connectivity index (χ3n) is 5.06. The van der Waals surface area contributed by atoms with Crippen LogP contribution in [0, 0.1) is 0 Å². The molecule has 3 unspecified atom stereocenters. The monoisotopic (exact) mass is 293 g/mol. The first kappa shape index (κ1) is 14.1. The van der Waals surface area contributed by atoms with Crippen LogP contribution in [-0.2, 0) is 9.84 Å². The van der Waals surface area contributed by atoms with Gasteiger partial charge in [0.25, 0.3) is 0 Å². The summed E-state index contributed by atoms with van der Waals surface area (Å²) in [7, 11) is -3.11. The van der Waals surface area contributed by atoms with Crippen molar-refractivity contribution in [2.45, 2.75) is 61.5 Å². The zero-order chi connectivity index (χ0) is 14.3. The first-order chi connectivity index (χ1) is 9.51. The van der Waals surface area contributed by atoms with E-state index in [0.717, 1.165) is 31.2 Å². The number of nitrogens with two attached hydrogens (primary N) is 1. The van der Waals surface area contributed by atoms with Crippen molar-refractivity contribution in [3.05, 3.63) is 35.4 Å². The van der Waals surface area contributed by atoms with Crippen LogP contribution < -0.4 is 5.73 Å². The standard InChI is InChI=1S/C16H23NO2S/c1-11-10-15(20(18,19)12-6-2-3-7-12)16(17)14-9-5-4-8-13(11)14/h4-5,8-9,11-12,15-16H,2-3,6-7,10,17H2,1H3. The molecule has 3 nitrogen and oxygen atoms in total. The van der Waals surface area contributed by atoms with Gasteiger partial charge in [-0.25, -0.2) is 8.42 Å². The Labute approximate surface area is 121 Å². The average molecular weight is 293 g/mol. The molecule has 0 heterocycles. The van der Waals surface area contributed by atoms with Crippen LogP contribution in [0.5, 0.6) is 0 Å². The van der Waals surface area contributed by atoms with Crippen LogP contribution in [0.2, 0.25) is 0 Å². The van der Waals surface area contributed by atoms with Crippen LogP contribution in [0.1, 0.15) is 62.1 Å². The summed E-state index contributed by atoms with van der Waals surface area (Å²) in [5, 5.41) is -0.563. The Morgan fingerprint density at radius 1 is 1.10 bits per heavy atom. The number of sulfone groups is 1. The number of hydrogen-bond donors (Lipinski definition) is 1. The van der Waals surface area contributed by atoms with Gasteiger partial charge in [0.05, 0.1) is 10.5 Å². The fraction of sp³-hybridized carbons (Fsp3) is 0.625. The van der Waals surface area contributed by atoms with E-state index >= 15 is 0 Å². The van der Waals surface area contributed by atoms with Gasteiger partial charge >= 0.3 is 0 Å². The van der Waals surface area contributed by atoms with Crippen LogP contribution in [0.15, 0.2) is 24.3 Å². The molecule has 1 fully saturated rings. The summed E-state index contributed by atoms with van der Waals surface area (Å²) in [6, 6.07) is 7.67. The van der Waals surface area contributed by atoms with Crippen molar-refractivity contribution in [2.24, 2.45) is 5.73 Å². The predicted molar refractivity (Wildman–Crippen MR) is 81.4 cm³/mol. The Bertz CT molecular complexity index is 590. The van der Waals surface area contributed by atoms with Crippen molar-refractivity contribution in [1.29, 1.82) is 0 Å². The Kier molecular flexibility index (Phi) is 3.63. The minimum absolute atomic E-state index is 0.156. The summed E-state index contributed by atoms with van der Waals surface area (Å²) in [6.45, 7) is 2.11. The van der Waals surface area contributed by atoms with E-state index in [0.29, 0.717) is 6.42 Å². The molecular weight excluding hydrogens is 270 g/mol. The molecule has 0 aromatic heterocycles. The van der Waals surface area contributed by atoms with Crippen LogP contribution >= 0.6 is 0 Å². The van der Waals surface area contributed by atoms with Crippen molar-refractivity contribution in [3.63, 3.8) is 0 Å². The maximum atomic E-state index is 12.9. The van der Waals surface area contributed by atoms with Gasteiger partial charge in [0.1, 0.15) is 0 Å². The van der Waals surface area contributed by atoms with E-state index in [9.17, 15) is 8.42 Å². The molecule has 4 heteroatoms. The van der Waals surface area contributed by atoms with Gasteiger partial charge in [-0.05, 0) is 36.3 Å². The molecule has 0 aliphatic heterocycles. The van der Waals surface area contributed by atoms with Gasteiger partial charge in [-0.2, -0.15) is 0 Å². The SMILES string of the molecule is CC1CC(S(=O)(=O)C2CCCC2)C(N)c2ccccc21. The summed E-state index contributed by atoms with van der Waals surface area (Å²) in [5.74, 6) is 0.271. The number of benzene rings is 1. The van der Waals surface area contributed by atoms with Crippen molar-refractivity contribution in [2.75, 3.05) is 0 Å². The lowest BCUT2D eigenvalue weighted by atomic mass is 9.81. The number of rotatable bonds is 2. The first-order valence-corrected chi connectivity index (χ1v) is 9.20. The summed E-state index contributed by atoms with van der Waals surface area (Å²) >= 11 is 0. The van der Waals surface area contributed by atoms with E-state index in [-0.39, 0.29) is 17.2 Å². The van der Waals surface area contributed by atoms with E-state index in [1.807, 2.05) is 18.2 Å². The van der Waals surface area contributed by atoms with E-state index in [2.05, 4.69) is 13.0 Å². The third kappa shape index (κ3) is 2.19.